The van der Waals surface area contributed by atoms with E-state index in [0.29, 0.717) is 17.8 Å². The number of phenolic OH excluding ortho intramolecular Hbond substituents is 1. The Labute approximate surface area is 128 Å². The standard InChI is InChI=1S/C17H29N3O/c1-4-8-18-16(12-14-6-5-7-15(21)11-14)17-13-19(2)9-10-20(17)3/h5-7,11,16-18,21H,4,8-10,12-13H2,1-3H3. The van der Waals surface area contributed by atoms with E-state index in [1.807, 2.05) is 12.1 Å². The van der Waals surface area contributed by atoms with Gasteiger partial charge in [-0.1, -0.05) is 19.1 Å². The molecule has 2 unspecified atom stereocenters. The van der Waals surface area contributed by atoms with Gasteiger partial charge in [0.2, 0.25) is 0 Å². The predicted octanol–water partition coefficient (Wildman–Crippen LogP) is 1.55. The highest BCUT2D eigenvalue weighted by Gasteiger charge is 2.29. The van der Waals surface area contributed by atoms with Crippen molar-refractivity contribution in [2.75, 3.05) is 40.3 Å². The lowest BCUT2D eigenvalue weighted by atomic mass is 9.96. The smallest absolute Gasteiger partial charge is 0.115 e. The van der Waals surface area contributed by atoms with Gasteiger partial charge in [0.25, 0.3) is 0 Å². The molecule has 1 aromatic rings. The molecule has 1 aliphatic heterocycles. The summed E-state index contributed by atoms with van der Waals surface area (Å²) in [5.74, 6) is 0.357. The molecule has 4 heteroatoms. The SMILES string of the molecule is CCCNC(Cc1cccc(O)c1)C1CN(C)CCN1C. The van der Waals surface area contributed by atoms with E-state index in [1.165, 1.54) is 5.56 Å². The van der Waals surface area contributed by atoms with Crippen LogP contribution in [0.5, 0.6) is 5.75 Å². The normalized spacial score (nSPS) is 22.3. The molecule has 0 radical (unpaired) electrons. The zero-order valence-electron chi connectivity index (χ0n) is 13.5. The molecule has 0 aliphatic carbocycles. The van der Waals surface area contributed by atoms with Crippen LogP contribution in [0.15, 0.2) is 24.3 Å². The van der Waals surface area contributed by atoms with Gasteiger partial charge in [0, 0.05) is 31.7 Å². The van der Waals surface area contributed by atoms with Crippen molar-refractivity contribution in [1.82, 2.24) is 15.1 Å². The number of piperazine rings is 1. The number of rotatable bonds is 6. The van der Waals surface area contributed by atoms with Gasteiger partial charge in [-0.2, -0.15) is 0 Å². The molecular weight excluding hydrogens is 262 g/mol. The molecule has 21 heavy (non-hydrogen) atoms. The van der Waals surface area contributed by atoms with E-state index in [4.69, 9.17) is 0 Å². The molecule has 1 fully saturated rings. The number of phenols is 1. The molecule has 118 valence electrons. The van der Waals surface area contributed by atoms with Gasteiger partial charge in [0.15, 0.2) is 0 Å². The minimum Gasteiger partial charge on any atom is -0.508 e. The number of likely N-dealkylation sites (N-methyl/N-ethyl adjacent to an activating group) is 2. The molecule has 0 spiro atoms. The summed E-state index contributed by atoms with van der Waals surface area (Å²) in [4.78, 5) is 4.88. The van der Waals surface area contributed by atoms with Crippen molar-refractivity contribution in [1.29, 1.82) is 0 Å². The molecule has 0 bridgehead atoms. The van der Waals surface area contributed by atoms with Crippen LogP contribution in [0.2, 0.25) is 0 Å². The molecule has 0 aromatic heterocycles. The van der Waals surface area contributed by atoms with Crippen molar-refractivity contribution in [3.8, 4) is 5.75 Å². The van der Waals surface area contributed by atoms with Crippen LogP contribution in [0.3, 0.4) is 0 Å². The molecule has 1 aliphatic rings. The second-order valence-electron chi connectivity index (χ2n) is 6.24. The van der Waals surface area contributed by atoms with Gasteiger partial charge in [0.1, 0.15) is 5.75 Å². The Morgan fingerprint density at radius 3 is 2.86 bits per heavy atom. The first-order valence-corrected chi connectivity index (χ1v) is 8.00. The van der Waals surface area contributed by atoms with E-state index >= 15 is 0 Å². The maximum absolute atomic E-state index is 9.67. The van der Waals surface area contributed by atoms with Gasteiger partial charge in [-0.3, -0.25) is 4.90 Å². The molecule has 2 rings (SSSR count). The van der Waals surface area contributed by atoms with Crippen LogP contribution in [0.4, 0.5) is 0 Å². The molecule has 0 saturated carbocycles. The van der Waals surface area contributed by atoms with E-state index in [-0.39, 0.29) is 0 Å². The quantitative estimate of drug-likeness (QED) is 0.834. The van der Waals surface area contributed by atoms with Crippen molar-refractivity contribution in [2.45, 2.75) is 31.8 Å². The Hall–Kier alpha value is -1.10. The molecule has 1 aromatic carbocycles. The van der Waals surface area contributed by atoms with Crippen LogP contribution in [0.1, 0.15) is 18.9 Å². The van der Waals surface area contributed by atoms with Gasteiger partial charge in [-0.15, -0.1) is 0 Å². The average Bonchev–Trinajstić information content (AvgIpc) is 2.46. The summed E-state index contributed by atoms with van der Waals surface area (Å²) >= 11 is 0. The van der Waals surface area contributed by atoms with Crippen LogP contribution < -0.4 is 5.32 Å². The number of benzene rings is 1. The summed E-state index contributed by atoms with van der Waals surface area (Å²) in [7, 11) is 4.42. The van der Waals surface area contributed by atoms with Crippen LogP contribution in [-0.2, 0) is 6.42 Å². The molecule has 1 saturated heterocycles. The number of hydrogen-bond acceptors (Lipinski definition) is 4. The third-order valence-electron chi connectivity index (χ3n) is 4.39. The first-order valence-electron chi connectivity index (χ1n) is 8.00. The summed E-state index contributed by atoms with van der Waals surface area (Å²) < 4.78 is 0. The van der Waals surface area contributed by atoms with Crippen molar-refractivity contribution in [2.24, 2.45) is 0 Å². The minimum atomic E-state index is 0.357. The highest BCUT2D eigenvalue weighted by molar-refractivity contribution is 5.28. The summed E-state index contributed by atoms with van der Waals surface area (Å²) in [6.07, 6.45) is 2.10. The average molecular weight is 291 g/mol. The number of hydrogen-bond donors (Lipinski definition) is 2. The zero-order valence-corrected chi connectivity index (χ0v) is 13.5. The molecule has 2 N–H and O–H groups in total. The van der Waals surface area contributed by atoms with E-state index < -0.39 is 0 Å². The molecule has 0 amide bonds. The summed E-state index contributed by atoms with van der Waals surface area (Å²) in [6, 6.07) is 8.58. The van der Waals surface area contributed by atoms with Crippen LogP contribution >= 0.6 is 0 Å². The maximum Gasteiger partial charge on any atom is 0.115 e. The van der Waals surface area contributed by atoms with E-state index in [1.54, 1.807) is 6.07 Å². The molecular formula is C17H29N3O. The third-order valence-corrected chi connectivity index (χ3v) is 4.39. The van der Waals surface area contributed by atoms with Gasteiger partial charge in [-0.25, -0.2) is 0 Å². The minimum absolute atomic E-state index is 0.357. The maximum atomic E-state index is 9.67. The highest BCUT2D eigenvalue weighted by atomic mass is 16.3. The monoisotopic (exact) mass is 291 g/mol. The first-order chi connectivity index (χ1) is 10.1. The second kappa shape index (κ2) is 7.78. The van der Waals surface area contributed by atoms with E-state index in [0.717, 1.165) is 39.0 Å². The van der Waals surface area contributed by atoms with Gasteiger partial charge < -0.3 is 15.3 Å². The Balaban J connectivity index is 2.09. The lowest BCUT2D eigenvalue weighted by Gasteiger charge is -2.42. The van der Waals surface area contributed by atoms with Crippen LogP contribution in [0, 0.1) is 0 Å². The lowest BCUT2D eigenvalue weighted by Crippen LogP contribution is -2.59. The summed E-state index contributed by atoms with van der Waals surface area (Å²) in [5, 5.41) is 13.4. The Morgan fingerprint density at radius 1 is 1.33 bits per heavy atom. The van der Waals surface area contributed by atoms with Crippen molar-refractivity contribution in [3.05, 3.63) is 29.8 Å². The first kappa shape index (κ1) is 16.3. The molecule has 1 heterocycles. The number of nitrogens with zero attached hydrogens (tertiary/aromatic N) is 2. The van der Waals surface area contributed by atoms with E-state index in [9.17, 15) is 5.11 Å². The van der Waals surface area contributed by atoms with Crippen molar-refractivity contribution < 1.29 is 5.11 Å². The topological polar surface area (TPSA) is 38.7 Å². The lowest BCUT2D eigenvalue weighted by molar-refractivity contribution is 0.0876. The number of nitrogens with one attached hydrogen (secondary N) is 1. The van der Waals surface area contributed by atoms with Crippen LogP contribution in [0.25, 0.3) is 0 Å². The Kier molecular flexibility index (Phi) is 6.03. The van der Waals surface area contributed by atoms with Crippen LogP contribution in [-0.4, -0.2) is 67.3 Å². The predicted molar refractivity (Wildman–Crippen MR) is 87.8 cm³/mol. The highest BCUT2D eigenvalue weighted by Crippen LogP contribution is 2.17. The largest absolute Gasteiger partial charge is 0.508 e. The van der Waals surface area contributed by atoms with Crippen molar-refractivity contribution in [3.63, 3.8) is 0 Å². The summed E-state index contributed by atoms with van der Waals surface area (Å²) in [5.41, 5.74) is 1.20. The molecule has 2 atom stereocenters. The fraction of sp³-hybridized carbons (Fsp3) is 0.647. The van der Waals surface area contributed by atoms with Gasteiger partial charge in [-0.05, 0) is 51.2 Å². The van der Waals surface area contributed by atoms with Gasteiger partial charge >= 0.3 is 0 Å². The fourth-order valence-electron chi connectivity index (χ4n) is 3.09. The van der Waals surface area contributed by atoms with Crippen molar-refractivity contribution >= 4 is 0 Å². The van der Waals surface area contributed by atoms with Gasteiger partial charge in [0.05, 0.1) is 0 Å². The Bertz CT molecular complexity index is 438. The summed E-state index contributed by atoms with van der Waals surface area (Å²) in [6.45, 7) is 6.59. The number of aromatic hydroxyl groups is 1. The zero-order chi connectivity index (χ0) is 15.2. The second-order valence-corrected chi connectivity index (χ2v) is 6.24. The van der Waals surface area contributed by atoms with E-state index in [2.05, 4.69) is 42.2 Å². The Morgan fingerprint density at radius 2 is 2.14 bits per heavy atom. The fourth-order valence-corrected chi connectivity index (χ4v) is 3.09. The third kappa shape index (κ3) is 4.70. The molecule has 4 nitrogen and oxygen atoms in total.